The molecule has 3 nitrogen and oxygen atoms in total. The molecule has 1 aliphatic rings. The molecule has 0 spiro atoms. The van der Waals surface area contributed by atoms with Crippen LogP contribution in [0, 0.1) is 0 Å². The number of hydrogen-bond donors (Lipinski definition) is 2. The van der Waals surface area contributed by atoms with E-state index in [0.29, 0.717) is 0 Å². The Morgan fingerprint density at radius 3 is 1.77 bits per heavy atom. The molecule has 148 valence electrons. The Kier molecular flexibility index (Phi) is 3.68. The minimum atomic E-state index is -0.544. The van der Waals surface area contributed by atoms with Gasteiger partial charge in [-0.2, -0.15) is 0 Å². The van der Waals surface area contributed by atoms with Gasteiger partial charge < -0.3 is 11.5 Å². The number of anilines is 2. The summed E-state index contributed by atoms with van der Waals surface area (Å²) in [6, 6.07) is 33.7. The van der Waals surface area contributed by atoms with Crippen molar-refractivity contribution in [3.63, 3.8) is 0 Å². The molecule has 0 bridgehead atoms. The van der Waals surface area contributed by atoms with Gasteiger partial charge in [0.15, 0.2) is 0 Å². The van der Waals surface area contributed by atoms with Crippen LogP contribution in [0.1, 0.15) is 22.4 Å². The van der Waals surface area contributed by atoms with Gasteiger partial charge in [-0.3, -0.25) is 4.98 Å². The monoisotopic (exact) mass is 399 g/mol. The molecule has 3 heteroatoms. The van der Waals surface area contributed by atoms with Crippen LogP contribution in [0.3, 0.4) is 0 Å². The summed E-state index contributed by atoms with van der Waals surface area (Å²) in [5.41, 5.74) is 20.0. The van der Waals surface area contributed by atoms with E-state index in [0.717, 1.165) is 33.8 Å². The maximum atomic E-state index is 6.06. The first-order valence-corrected chi connectivity index (χ1v) is 10.4. The zero-order valence-electron chi connectivity index (χ0n) is 16.9. The average Bonchev–Trinajstić information content (AvgIpc) is 3.09. The third-order valence-electron chi connectivity index (χ3n) is 6.43. The molecule has 0 aliphatic heterocycles. The zero-order valence-corrected chi connectivity index (χ0v) is 16.9. The molecule has 0 amide bonds. The van der Waals surface area contributed by atoms with Gasteiger partial charge in [0.25, 0.3) is 0 Å². The van der Waals surface area contributed by atoms with Gasteiger partial charge in [0.05, 0.1) is 11.1 Å². The van der Waals surface area contributed by atoms with Crippen LogP contribution in [0.4, 0.5) is 11.4 Å². The van der Waals surface area contributed by atoms with Crippen molar-refractivity contribution in [3.8, 4) is 11.1 Å². The molecule has 1 aromatic heterocycles. The SMILES string of the molecule is Nc1ccc(C2(c3ccc(N)cc3)c3cc4ccccc4cc3-c3cccnc32)cc1. The van der Waals surface area contributed by atoms with E-state index in [1.165, 1.54) is 21.9 Å². The molecule has 0 atom stereocenters. The van der Waals surface area contributed by atoms with Crippen LogP contribution < -0.4 is 11.5 Å². The Bertz CT molecular complexity index is 1390. The minimum absolute atomic E-state index is 0.544. The number of rotatable bonds is 2. The van der Waals surface area contributed by atoms with E-state index in [9.17, 15) is 0 Å². The highest BCUT2D eigenvalue weighted by atomic mass is 14.7. The maximum absolute atomic E-state index is 6.06. The second-order valence-electron chi connectivity index (χ2n) is 8.14. The number of aromatic nitrogens is 1. The maximum Gasteiger partial charge on any atom is 0.0886 e. The summed E-state index contributed by atoms with van der Waals surface area (Å²) in [5, 5.41) is 2.44. The quantitative estimate of drug-likeness (QED) is 0.364. The Morgan fingerprint density at radius 2 is 1.16 bits per heavy atom. The lowest BCUT2D eigenvalue weighted by atomic mass is 9.69. The highest BCUT2D eigenvalue weighted by molar-refractivity contribution is 5.95. The molecular formula is C28H21N3. The molecule has 0 unspecified atom stereocenters. The van der Waals surface area contributed by atoms with Gasteiger partial charge in [-0.25, -0.2) is 0 Å². The summed E-state index contributed by atoms with van der Waals surface area (Å²) in [7, 11) is 0. The van der Waals surface area contributed by atoms with Crippen molar-refractivity contribution in [2.24, 2.45) is 0 Å². The average molecular weight is 399 g/mol. The van der Waals surface area contributed by atoms with Gasteiger partial charge in [0.2, 0.25) is 0 Å². The van der Waals surface area contributed by atoms with Gasteiger partial charge >= 0.3 is 0 Å². The summed E-state index contributed by atoms with van der Waals surface area (Å²) >= 11 is 0. The van der Waals surface area contributed by atoms with E-state index in [-0.39, 0.29) is 0 Å². The van der Waals surface area contributed by atoms with Crippen molar-refractivity contribution < 1.29 is 0 Å². The highest BCUT2D eigenvalue weighted by Gasteiger charge is 2.47. The minimum Gasteiger partial charge on any atom is -0.399 e. The second kappa shape index (κ2) is 6.44. The molecule has 4 N–H and O–H groups in total. The van der Waals surface area contributed by atoms with E-state index in [4.69, 9.17) is 16.5 Å². The molecule has 4 aromatic carbocycles. The molecule has 5 aromatic rings. The number of benzene rings is 4. The van der Waals surface area contributed by atoms with Gasteiger partial charge in [0.1, 0.15) is 0 Å². The van der Waals surface area contributed by atoms with Crippen molar-refractivity contribution >= 4 is 22.1 Å². The lowest BCUT2D eigenvalue weighted by molar-refractivity contribution is 0.739. The predicted molar refractivity (Wildman–Crippen MR) is 128 cm³/mol. The standard InChI is InChI=1S/C28H21N3/c29-22-11-7-20(8-12-22)28(21-9-13-23(30)14-10-21)26-17-19-5-2-1-4-18(19)16-25(26)24-6-3-15-31-27(24)28/h1-17H,29-30H2. The summed E-state index contributed by atoms with van der Waals surface area (Å²) in [5.74, 6) is 0. The molecule has 0 saturated heterocycles. The Hall–Kier alpha value is -4.11. The normalized spacial score (nSPS) is 13.7. The first kappa shape index (κ1) is 17.7. The van der Waals surface area contributed by atoms with Crippen molar-refractivity contribution in [1.82, 2.24) is 4.98 Å². The summed E-state index contributed by atoms with van der Waals surface area (Å²) in [6.07, 6.45) is 1.88. The van der Waals surface area contributed by atoms with E-state index in [1.54, 1.807) is 0 Å². The number of pyridine rings is 1. The predicted octanol–water partition coefficient (Wildman–Crippen LogP) is 5.76. The number of nitrogens with two attached hydrogens (primary N) is 2. The molecule has 6 rings (SSSR count). The number of nitrogen functional groups attached to an aromatic ring is 2. The topological polar surface area (TPSA) is 64.9 Å². The molecule has 31 heavy (non-hydrogen) atoms. The van der Waals surface area contributed by atoms with Crippen molar-refractivity contribution in [2.45, 2.75) is 5.41 Å². The van der Waals surface area contributed by atoms with Gasteiger partial charge in [-0.15, -0.1) is 0 Å². The van der Waals surface area contributed by atoms with E-state index < -0.39 is 5.41 Å². The summed E-state index contributed by atoms with van der Waals surface area (Å²) < 4.78 is 0. The largest absolute Gasteiger partial charge is 0.399 e. The lowest BCUT2D eigenvalue weighted by Gasteiger charge is -2.33. The summed E-state index contributed by atoms with van der Waals surface area (Å²) in [4.78, 5) is 4.95. The van der Waals surface area contributed by atoms with E-state index >= 15 is 0 Å². The van der Waals surface area contributed by atoms with Crippen LogP contribution in [0.2, 0.25) is 0 Å². The number of hydrogen-bond acceptors (Lipinski definition) is 3. The molecule has 1 heterocycles. The second-order valence-corrected chi connectivity index (χ2v) is 8.14. The van der Waals surface area contributed by atoms with Crippen LogP contribution in [0.25, 0.3) is 21.9 Å². The fourth-order valence-electron chi connectivity index (χ4n) is 5.04. The van der Waals surface area contributed by atoms with Crippen molar-refractivity contribution in [2.75, 3.05) is 11.5 Å². The third kappa shape index (κ3) is 2.44. The molecule has 1 aliphatic carbocycles. The van der Waals surface area contributed by atoms with Gasteiger partial charge in [-0.05, 0) is 75.5 Å². The van der Waals surface area contributed by atoms with Gasteiger partial charge in [-0.1, -0.05) is 54.6 Å². The number of nitrogens with zero attached hydrogens (tertiary/aromatic N) is 1. The molecular weight excluding hydrogens is 378 g/mol. The van der Waals surface area contributed by atoms with Crippen molar-refractivity contribution in [1.29, 1.82) is 0 Å². The van der Waals surface area contributed by atoms with Crippen LogP contribution in [-0.4, -0.2) is 4.98 Å². The zero-order chi connectivity index (χ0) is 21.0. The van der Waals surface area contributed by atoms with Crippen LogP contribution in [0.15, 0.2) is 103 Å². The Morgan fingerprint density at radius 1 is 0.581 bits per heavy atom. The summed E-state index contributed by atoms with van der Waals surface area (Å²) in [6.45, 7) is 0. The first-order valence-electron chi connectivity index (χ1n) is 10.4. The Balaban J connectivity index is 1.80. The Labute approximate surface area is 181 Å². The third-order valence-corrected chi connectivity index (χ3v) is 6.43. The lowest BCUT2D eigenvalue weighted by Crippen LogP contribution is -2.29. The molecule has 0 fully saturated rings. The van der Waals surface area contributed by atoms with Gasteiger partial charge in [0, 0.05) is 23.1 Å². The highest BCUT2D eigenvalue weighted by Crippen LogP contribution is 2.56. The first-order chi connectivity index (χ1) is 15.2. The van der Waals surface area contributed by atoms with E-state index in [1.807, 2.05) is 36.5 Å². The van der Waals surface area contributed by atoms with Crippen LogP contribution in [0.5, 0.6) is 0 Å². The fourth-order valence-corrected chi connectivity index (χ4v) is 5.04. The number of fused-ring (bicyclic) bond motifs is 4. The molecule has 0 radical (unpaired) electrons. The van der Waals surface area contributed by atoms with Crippen LogP contribution in [-0.2, 0) is 5.41 Å². The smallest absolute Gasteiger partial charge is 0.0886 e. The van der Waals surface area contributed by atoms with E-state index in [2.05, 4.69) is 66.7 Å². The van der Waals surface area contributed by atoms with Crippen LogP contribution >= 0.6 is 0 Å². The fraction of sp³-hybridized carbons (Fsp3) is 0.0357. The molecule has 0 saturated carbocycles. The van der Waals surface area contributed by atoms with Crippen molar-refractivity contribution in [3.05, 3.63) is 126 Å².